The molecule has 0 spiro atoms. The molecule has 1 amide bonds. The molecule has 1 aromatic carbocycles. The van der Waals surface area contributed by atoms with E-state index < -0.39 is 0 Å². The van der Waals surface area contributed by atoms with E-state index in [4.69, 9.17) is 4.74 Å². The molecule has 1 unspecified atom stereocenters. The van der Waals surface area contributed by atoms with Gasteiger partial charge in [-0.25, -0.2) is 0 Å². The van der Waals surface area contributed by atoms with Crippen molar-refractivity contribution in [1.82, 2.24) is 10.2 Å². The molecular weight excluding hydrogens is 276 g/mol. The average Bonchev–Trinajstić information content (AvgIpc) is 2.99. The Morgan fingerprint density at radius 3 is 2.95 bits per heavy atom. The van der Waals surface area contributed by atoms with Gasteiger partial charge in [0.05, 0.1) is 6.61 Å². The number of rotatable bonds is 9. The number of nitrogens with zero attached hydrogens (tertiary/aromatic N) is 1. The fourth-order valence-corrected chi connectivity index (χ4v) is 3.05. The van der Waals surface area contributed by atoms with E-state index in [1.807, 2.05) is 18.2 Å². The number of carbonyl (C=O) groups excluding carboxylic acids is 1. The number of benzene rings is 1. The summed E-state index contributed by atoms with van der Waals surface area (Å²) in [7, 11) is 1.74. The minimum Gasteiger partial charge on any atom is -0.383 e. The first-order valence-electron chi connectivity index (χ1n) is 8.33. The Hall–Kier alpha value is -1.39. The van der Waals surface area contributed by atoms with E-state index in [1.165, 1.54) is 18.4 Å². The zero-order chi connectivity index (χ0) is 15.6. The van der Waals surface area contributed by atoms with E-state index in [0.717, 1.165) is 39.1 Å². The zero-order valence-corrected chi connectivity index (χ0v) is 13.6. The molecule has 2 rings (SSSR count). The Balaban J connectivity index is 1.61. The monoisotopic (exact) mass is 304 g/mol. The molecule has 0 radical (unpaired) electrons. The molecule has 0 bridgehead atoms. The van der Waals surface area contributed by atoms with Crippen molar-refractivity contribution in [1.29, 1.82) is 0 Å². The summed E-state index contributed by atoms with van der Waals surface area (Å²) in [6, 6.07) is 10.8. The topological polar surface area (TPSA) is 41.6 Å². The molecule has 1 aliphatic rings. The first kappa shape index (κ1) is 17.0. The van der Waals surface area contributed by atoms with E-state index in [2.05, 4.69) is 22.3 Å². The third-order valence-electron chi connectivity index (χ3n) is 4.33. The second kappa shape index (κ2) is 9.59. The lowest BCUT2D eigenvalue weighted by atomic mass is 10.1. The number of ether oxygens (including phenoxy) is 1. The maximum Gasteiger partial charge on any atom is 0.220 e. The van der Waals surface area contributed by atoms with Crippen LogP contribution in [-0.4, -0.2) is 50.2 Å². The first-order chi connectivity index (χ1) is 10.8. The van der Waals surface area contributed by atoms with Crippen LogP contribution in [0.15, 0.2) is 30.3 Å². The number of hydrogen-bond acceptors (Lipinski definition) is 3. The van der Waals surface area contributed by atoms with E-state index in [1.54, 1.807) is 7.11 Å². The van der Waals surface area contributed by atoms with Gasteiger partial charge in [-0.05, 0) is 37.8 Å². The Kier molecular flexibility index (Phi) is 7.40. The largest absolute Gasteiger partial charge is 0.383 e. The lowest BCUT2D eigenvalue weighted by Crippen LogP contribution is -2.41. The predicted molar refractivity (Wildman–Crippen MR) is 88.9 cm³/mol. The second-order valence-electron chi connectivity index (χ2n) is 5.97. The molecule has 1 N–H and O–H groups in total. The van der Waals surface area contributed by atoms with Crippen molar-refractivity contribution in [3.05, 3.63) is 35.9 Å². The third kappa shape index (κ3) is 5.78. The molecule has 1 aromatic rings. The van der Waals surface area contributed by atoms with E-state index in [0.29, 0.717) is 12.5 Å². The second-order valence-corrected chi connectivity index (χ2v) is 5.97. The molecular formula is C18H28N2O2. The molecule has 1 atom stereocenters. The number of likely N-dealkylation sites (tertiary alicyclic amines) is 1. The quantitative estimate of drug-likeness (QED) is 0.761. The van der Waals surface area contributed by atoms with Crippen LogP contribution >= 0.6 is 0 Å². The summed E-state index contributed by atoms with van der Waals surface area (Å²) in [6.45, 7) is 3.62. The third-order valence-corrected chi connectivity index (χ3v) is 4.33. The van der Waals surface area contributed by atoms with Gasteiger partial charge in [-0.2, -0.15) is 0 Å². The van der Waals surface area contributed by atoms with E-state index in [9.17, 15) is 4.79 Å². The molecule has 122 valence electrons. The Bertz CT molecular complexity index is 436. The normalized spacial score (nSPS) is 18.5. The first-order valence-corrected chi connectivity index (χ1v) is 8.33. The smallest absolute Gasteiger partial charge is 0.220 e. The van der Waals surface area contributed by atoms with Gasteiger partial charge >= 0.3 is 0 Å². The van der Waals surface area contributed by atoms with Crippen LogP contribution in [0.2, 0.25) is 0 Å². The van der Waals surface area contributed by atoms with Crippen LogP contribution in [-0.2, 0) is 16.0 Å². The Morgan fingerprint density at radius 2 is 2.18 bits per heavy atom. The van der Waals surface area contributed by atoms with Crippen molar-refractivity contribution in [3.8, 4) is 0 Å². The molecule has 1 aliphatic heterocycles. The number of methoxy groups -OCH3 is 1. The molecule has 4 nitrogen and oxygen atoms in total. The van der Waals surface area contributed by atoms with Crippen LogP contribution in [0.4, 0.5) is 0 Å². The molecule has 1 saturated heterocycles. The lowest BCUT2D eigenvalue weighted by Gasteiger charge is -2.24. The highest BCUT2D eigenvalue weighted by Gasteiger charge is 2.24. The SMILES string of the molecule is COCCN1CCCC1CNC(=O)CCCc1ccccc1. The maximum absolute atomic E-state index is 12.0. The lowest BCUT2D eigenvalue weighted by molar-refractivity contribution is -0.121. The summed E-state index contributed by atoms with van der Waals surface area (Å²) >= 11 is 0. The molecule has 1 fully saturated rings. The van der Waals surface area contributed by atoms with Crippen LogP contribution < -0.4 is 5.32 Å². The Labute approximate surface area is 133 Å². The highest BCUT2D eigenvalue weighted by molar-refractivity contribution is 5.75. The Morgan fingerprint density at radius 1 is 1.36 bits per heavy atom. The van der Waals surface area contributed by atoms with Gasteiger partial charge in [0, 0.05) is 32.7 Å². The van der Waals surface area contributed by atoms with Crippen LogP contribution in [0, 0.1) is 0 Å². The van der Waals surface area contributed by atoms with Gasteiger partial charge in [0.15, 0.2) is 0 Å². The van der Waals surface area contributed by atoms with Crippen LogP contribution in [0.25, 0.3) is 0 Å². The minimum atomic E-state index is 0.175. The summed E-state index contributed by atoms with van der Waals surface area (Å²) in [5, 5.41) is 3.10. The van der Waals surface area contributed by atoms with Gasteiger partial charge in [0.2, 0.25) is 5.91 Å². The van der Waals surface area contributed by atoms with Gasteiger partial charge in [-0.15, -0.1) is 0 Å². The molecule has 0 aromatic heterocycles. The summed E-state index contributed by atoms with van der Waals surface area (Å²) in [6.07, 6.45) is 4.89. The van der Waals surface area contributed by atoms with Gasteiger partial charge < -0.3 is 10.1 Å². The summed E-state index contributed by atoms with van der Waals surface area (Å²) in [4.78, 5) is 14.4. The summed E-state index contributed by atoms with van der Waals surface area (Å²) < 4.78 is 5.14. The molecule has 4 heteroatoms. The van der Waals surface area contributed by atoms with Crippen molar-refractivity contribution >= 4 is 5.91 Å². The fraction of sp³-hybridized carbons (Fsp3) is 0.611. The molecule has 1 heterocycles. The number of nitrogens with one attached hydrogen (secondary N) is 1. The minimum absolute atomic E-state index is 0.175. The van der Waals surface area contributed by atoms with Crippen molar-refractivity contribution in [3.63, 3.8) is 0 Å². The summed E-state index contributed by atoms with van der Waals surface area (Å²) in [5.74, 6) is 0.175. The highest BCUT2D eigenvalue weighted by Crippen LogP contribution is 2.16. The number of aryl methyl sites for hydroxylation is 1. The van der Waals surface area contributed by atoms with Crippen molar-refractivity contribution in [2.75, 3.05) is 33.4 Å². The van der Waals surface area contributed by atoms with Crippen LogP contribution in [0.5, 0.6) is 0 Å². The zero-order valence-electron chi connectivity index (χ0n) is 13.6. The predicted octanol–water partition coefficient (Wildman–Crippen LogP) is 2.24. The summed E-state index contributed by atoms with van der Waals surface area (Å²) in [5.41, 5.74) is 1.30. The maximum atomic E-state index is 12.0. The molecule has 0 aliphatic carbocycles. The fourth-order valence-electron chi connectivity index (χ4n) is 3.05. The number of amides is 1. The van der Waals surface area contributed by atoms with Gasteiger partial charge in [-0.3, -0.25) is 9.69 Å². The number of carbonyl (C=O) groups is 1. The van der Waals surface area contributed by atoms with Crippen molar-refractivity contribution in [2.24, 2.45) is 0 Å². The van der Waals surface area contributed by atoms with Gasteiger partial charge in [0.1, 0.15) is 0 Å². The molecule has 0 saturated carbocycles. The van der Waals surface area contributed by atoms with Crippen molar-refractivity contribution < 1.29 is 9.53 Å². The van der Waals surface area contributed by atoms with E-state index >= 15 is 0 Å². The van der Waals surface area contributed by atoms with Gasteiger partial charge in [0.25, 0.3) is 0 Å². The average molecular weight is 304 g/mol. The van der Waals surface area contributed by atoms with Gasteiger partial charge in [-0.1, -0.05) is 30.3 Å². The standard InChI is InChI=1S/C18H28N2O2/c1-22-14-13-20-12-6-10-17(20)15-19-18(21)11-5-9-16-7-3-2-4-8-16/h2-4,7-8,17H,5-6,9-15H2,1H3,(H,19,21). The highest BCUT2D eigenvalue weighted by atomic mass is 16.5. The van der Waals surface area contributed by atoms with Crippen LogP contribution in [0.1, 0.15) is 31.2 Å². The van der Waals surface area contributed by atoms with Crippen molar-refractivity contribution in [2.45, 2.75) is 38.1 Å². The molecule has 22 heavy (non-hydrogen) atoms. The number of hydrogen-bond donors (Lipinski definition) is 1. The van der Waals surface area contributed by atoms with E-state index in [-0.39, 0.29) is 5.91 Å². The van der Waals surface area contributed by atoms with Crippen LogP contribution in [0.3, 0.4) is 0 Å².